The molecule has 2 aromatic heterocycles. The Kier molecular flexibility index (Phi) is 4.69. The van der Waals surface area contributed by atoms with Gasteiger partial charge >= 0.3 is 6.18 Å². The largest absolute Gasteiger partial charge is 0.416 e. The fourth-order valence-corrected chi connectivity index (χ4v) is 2.78. The van der Waals surface area contributed by atoms with Gasteiger partial charge in [0.1, 0.15) is 11.6 Å². The van der Waals surface area contributed by atoms with Gasteiger partial charge in [0.25, 0.3) is 0 Å². The summed E-state index contributed by atoms with van der Waals surface area (Å²) in [7, 11) is 0. The van der Waals surface area contributed by atoms with Gasteiger partial charge in [-0.2, -0.15) is 13.2 Å². The maximum atomic E-state index is 12.8. The fourth-order valence-electron chi connectivity index (χ4n) is 1.87. The number of halogens is 3. The summed E-state index contributed by atoms with van der Waals surface area (Å²) in [6.07, 6.45) is -3.56. The Morgan fingerprint density at radius 1 is 1.29 bits per heavy atom. The normalized spacial score (nSPS) is 11.5. The fraction of sp³-hybridized carbons (Fsp3) is 0.308. The van der Waals surface area contributed by atoms with E-state index in [0.717, 1.165) is 23.4 Å². The Hall–Kier alpha value is -1.80. The average molecular weight is 316 g/mol. The van der Waals surface area contributed by atoms with Gasteiger partial charge in [-0.25, -0.2) is 10.8 Å². The van der Waals surface area contributed by atoms with E-state index in [1.165, 1.54) is 5.56 Å². The van der Waals surface area contributed by atoms with E-state index in [-0.39, 0.29) is 11.6 Å². The quantitative estimate of drug-likeness (QED) is 0.582. The summed E-state index contributed by atoms with van der Waals surface area (Å²) in [4.78, 5) is 5.06. The number of anilines is 2. The lowest BCUT2D eigenvalue weighted by Crippen LogP contribution is -2.13. The molecule has 0 saturated heterocycles. The number of nitrogens with one attached hydrogen (secondary N) is 2. The van der Waals surface area contributed by atoms with Gasteiger partial charge in [-0.05, 0) is 35.6 Å². The van der Waals surface area contributed by atoms with Crippen LogP contribution in [-0.4, -0.2) is 4.98 Å². The predicted molar refractivity (Wildman–Crippen MR) is 78.1 cm³/mol. The molecule has 0 aliphatic carbocycles. The number of aromatic nitrogens is 1. The van der Waals surface area contributed by atoms with Crippen LogP contribution in [0.1, 0.15) is 22.9 Å². The smallest absolute Gasteiger partial charge is 0.365 e. The van der Waals surface area contributed by atoms with Crippen LogP contribution in [0.4, 0.5) is 24.8 Å². The number of aryl methyl sites for hydroxylation is 1. The molecule has 2 heterocycles. The molecular weight excluding hydrogens is 301 g/mol. The summed E-state index contributed by atoms with van der Waals surface area (Å²) in [5, 5.41) is 4.87. The van der Waals surface area contributed by atoms with Gasteiger partial charge in [-0.15, -0.1) is 11.3 Å². The van der Waals surface area contributed by atoms with Crippen LogP contribution >= 0.6 is 11.3 Å². The summed E-state index contributed by atoms with van der Waals surface area (Å²) in [5.41, 5.74) is 2.53. The van der Waals surface area contributed by atoms with Crippen molar-refractivity contribution in [1.82, 2.24) is 4.98 Å². The summed E-state index contributed by atoms with van der Waals surface area (Å²) < 4.78 is 38.4. The lowest BCUT2D eigenvalue weighted by Gasteiger charge is -2.12. The summed E-state index contributed by atoms with van der Waals surface area (Å²) in [6.45, 7) is 2.46. The van der Waals surface area contributed by atoms with E-state index in [2.05, 4.69) is 15.7 Å². The summed E-state index contributed by atoms with van der Waals surface area (Å²) in [6, 6.07) is 3.85. The maximum Gasteiger partial charge on any atom is 0.416 e. The molecule has 0 amide bonds. The number of hydrazine groups is 1. The van der Waals surface area contributed by atoms with Crippen molar-refractivity contribution in [3.8, 4) is 0 Å². The first kappa shape index (κ1) is 15.6. The van der Waals surface area contributed by atoms with Crippen molar-refractivity contribution in [2.75, 3.05) is 10.7 Å². The van der Waals surface area contributed by atoms with Crippen molar-refractivity contribution in [2.45, 2.75) is 26.1 Å². The Labute approximate surface area is 124 Å². The lowest BCUT2D eigenvalue weighted by molar-refractivity contribution is -0.137. The summed E-state index contributed by atoms with van der Waals surface area (Å²) in [5.74, 6) is 5.26. The van der Waals surface area contributed by atoms with Gasteiger partial charge in [0, 0.05) is 4.88 Å². The first-order chi connectivity index (χ1) is 9.94. The number of hydrogen-bond donors (Lipinski definition) is 3. The zero-order chi connectivity index (χ0) is 15.5. The average Bonchev–Trinajstić information content (AvgIpc) is 2.91. The number of rotatable bonds is 5. The molecule has 4 nitrogen and oxygen atoms in total. The molecule has 0 aliphatic heterocycles. The number of alkyl halides is 3. The lowest BCUT2D eigenvalue weighted by atomic mass is 10.2. The molecule has 21 heavy (non-hydrogen) atoms. The molecule has 0 aromatic carbocycles. The van der Waals surface area contributed by atoms with Gasteiger partial charge in [0.15, 0.2) is 0 Å². The van der Waals surface area contributed by atoms with Crippen LogP contribution in [0.3, 0.4) is 0 Å². The molecule has 4 N–H and O–H groups in total. The van der Waals surface area contributed by atoms with Crippen molar-refractivity contribution in [3.05, 3.63) is 39.6 Å². The zero-order valence-electron chi connectivity index (χ0n) is 11.3. The van der Waals surface area contributed by atoms with E-state index in [9.17, 15) is 13.2 Å². The topological polar surface area (TPSA) is 63.0 Å². The number of thiophene rings is 1. The number of hydrogen-bond acceptors (Lipinski definition) is 5. The molecule has 0 spiro atoms. The molecule has 0 saturated carbocycles. The molecule has 0 bridgehead atoms. The molecule has 2 rings (SSSR count). The molecule has 0 radical (unpaired) electrons. The number of nitrogens with zero attached hydrogens (tertiary/aromatic N) is 1. The van der Waals surface area contributed by atoms with Gasteiger partial charge in [0.05, 0.1) is 12.1 Å². The molecule has 0 aliphatic rings. The molecule has 0 atom stereocenters. The van der Waals surface area contributed by atoms with Crippen LogP contribution in [0, 0.1) is 0 Å². The van der Waals surface area contributed by atoms with E-state index in [1.807, 2.05) is 18.4 Å². The second-order valence-corrected chi connectivity index (χ2v) is 5.35. The molecule has 2 aromatic rings. The van der Waals surface area contributed by atoms with Crippen molar-refractivity contribution in [3.63, 3.8) is 0 Å². The second-order valence-electron chi connectivity index (χ2n) is 4.34. The van der Waals surface area contributed by atoms with Gasteiger partial charge in [0.2, 0.25) is 0 Å². The number of pyridine rings is 1. The van der Waals surface area contributed by atoms with E-state index in [0.29, 0.717) is 6.54 Å². The van der Waals surface area contributed by atoms with Gasteiger partial charge in [-0.3, -0.25) is 0 Å². The Balaban J connectivity index is 2.19. The number of nitrogens with two attached hydrogens (primary N) is 1. The van der Waals surface area contributed by atoms with E-state index < -0.39 is 11.7 Å². The molecule has 114 valence electrons. The van der Waals surface area contributed by atoms with Crippen molar-refractivity contribution in [1.29, 1.82) is 0 Å². The molecule has 8 heteroatoms. The van der Waals surface area contributed by atoms with Crippen LogP contribution < -0.4 is 16.6 Å². The first-order valence-corrected chi connectivity index (χ1v) is 7.17. The third kappa shape index (κ3) is 3.85. The van der Waals surface area contributed by atoms with E-state index in [4.69, 9.17) is 5.84 Å². The highest BCUT2D eigenvalue weighted by atomic mass is 32.1. The second kappa shape index (κ2) is 6.31. The maximum absolute atomic E-state index is 12.8. The minimum absolute atomic E-state index is 0.0331. The van der Waals surface area contributed by atoms with Crippen LogP contribution in [0.5, 0.6) is 0 Å². The van der Waals surface area contributed by atoms with Gasteiger partial charge < -0.3 is 10.7 Å². The monoisotopic (exact) mass is 316 g/mol. The van der Waals surface area contributed by atoms with Crippen LogP contribution in [0.2, 0.25) is 0 Å². The third-order valence-corrected chi connectivity index (χ3v) is 3.91. The highest BCUT2D eigenvalue weighted by molar-refractivity contribution is 7.10. The van der Waals surface area contributed by atoms with Crippen molar-refractivity contribution in [2.24, 2.45) is 5.84 Å². The van der Waals surface area contributed by atoms with Crippen LogP contribution in [-0.2, 0) is 19.1 Å². The molecule has 0 unspecified atom stereocenters. The Morgan fingerprint density at radius 3 is 2.62 bits per heavy atom. The highest BCUT2D eigenvalue weighted by Crippen LogP contribution is 2.32. The SMILES string of the molecule is CCc1ccsc1CNc1cc(C(F)(F)F)cc(NN)n1. The van der Waals surface area contributed by atoms with Crippen LogP contribution in [0.25, 0.3) is 0 Å². The first-order valence-electron chi connectivity index (χ1n) is 6.29. The molecular formula is C13H15F3N4S. The minimum atomic E-state index is -4.44. The minimum Gasteiger partial charge on any atom is -0.365 e. The Bertz CT molecular complexity index is 610. The van der Waals surface area contributed by atoms with Crippen molar-refractivity contribution < 1.29 is 13.2 Å². The Morgan fingerprint density at radius 2 is 2.00 bits per heavy atom. The van der Waals surface area contributed by atoms with Gasteiger partial charge in [-0.1, -0.05) is 6.92 Å². The number of nitrogen functional groups attached to an aromatic ring is 1. The predicted octanol–water partition coefficient (Wildman–Crippen LogP) is 3.62. The zero-order valence-corrected chi connectivity index (χ0v) is 12.1. The van der Waals surface area contributed by atoms with Crippen LogP contribution in [0.15, 0.2) is 23.6 Å². The van der Waals surface area contributed by atoms with E-state index in [1.54, 1.807) is 11.3 Å². The van der Waals surface area contributed by atoms with Crippen molar-refractivity contribution >= 4 is 23.0 Å². The summed E-state index contributed by atoms with van der Waals surface area (Å²) >= 11 is 1.56. The third-order valence-electron chi connectivity index (χ3n) is 2.95. The van der Waals surface area contributed by atoms with E-state index >= 15 is 0 Å². The molecule has 0 fully saturated rings. The highest BCUT2D eigenvalue weighted by Gasteiger charge is 2.31. The standard InChI is InChI=1S/C13H15F3N4S/c1-2-8-3-4-21-10(8)7-18-11-5-9(13(14,15)16)6-12(19-11)20-17/h3-6H,2,7,17H2,1H3,(H2,18,19,20).